The summed E-state index contributed by atoms with van der Waals surface area (Å²) in [5.41, 5.74) is 1.36. The molecule has 0 aliphatic carbocycles. The normalized spacial score (nSPS) is 10.4. The molecule has 8 heteroatoms. The molecule has 0 unspecified atom stereocenters. The number of nitrogens with one attached hydrogen (secondary N) is 1. The summed E-state index contributed by atoms with van der Waals surface area (Å²) in [5, 5.41) is 11.9. The van der Waals surface area contributed by atoms with Crippen molar-refractivity contribution in [2.45, 2.75) is 50.2 Å². The minimum Gasteiger partial charge on any atom is -0.494 e. The topological polar surface area (TPSA) is 92.1 Å². The third-order valence-electron chi connectivity index (χ3n) is 4.04. The lowest BCUT2D eigenvalue weighted by molar-refractivity contribution is -0.116. The lowest BCUT2D eigenvalue weighted by Crippen LogP contribution is -2.13. The Bertz CT molecular complexity index is 857. The van der Waals surface area contributed by atoms with Crippen molar-refractivity contribution < 1.29 is 14.3 Å². The number of aryl methyl sites for hydroxylation is 1. The number of carbonyl (C=O) groups is 2. The first-order valence-corrected chi connectivity index (χ1v) is 11.4. The fourth-order valence-corrected chi connectivity index (χ4v) is 4.32. The molecule has 0 bridgehead atoms. The van der Waals surface area contributed by atoms with Crippen LogP contribution in [-0.2, 0) is 4.79 Å². The van der Waals surface area contributed by atoms with Crippen molar-refractivity contribution in [1.29, 1.82) is 5.26 Å². The fourth-order valence-electron chi connectivity index (χ4n) is 2.50. The third kappa shape index (κ3) is 7.87. The van der Waals surface area contributed by atoms with Crippen molar-refractivity contribution in [1.82, 2.24) is 4.98 Å². The molecular weight excluding hydrogens is 406 g/mol. The van der Waals surface area contributed by atoms with Crippen LogP contribution in [0.4, 0.5) is 5.13 Å². The second-order valence-corrected chi connectivity index (χ2v) is 8.63. The Morgan fingerprint density at radius 1 is 1.24 bits per heavy atom. The molecule has 0 fully saturated rings. The van der Waals surface area contributed by atoms with Gasteiger partial charge < -0.3 is 10.1 Å². The first kappa shape index (κ1) is 22.9. The quantitative estimate of drug-likeness (QED) is 0.281. The maximum Gasteiger partial charge on any atom is 0.226 e. The fraction of sp³-hybridized carbons (Fsp3) is 0.429. The number of aromatic nitrogens is 1. The van der Waals surface area contributed by atoms with Crippen LogP contribution in [0.3, 0.4) is 0 Å². The zero-order valence-corrected chi connectivity index (χ0v) is 18.3. The summed E-state index contributed by atoms with van der Waals surface area (Å²) in [6, 6.07) is 9.12. The third-order valence-corrected chi connectivity index (χ3v) is 6.34. The van der Waals surface area contributed by atoms with Crippen LogP contribution in [0.25, 0.3) is 0 Å². The van der Waals surface area contributed by atoms with Gasteiger partial charge in [-0.1, -0.05) is 42.9 Å². The molecule has 0 atom stereocenters. The number of ketones is 1. The van der Waals surface area contributed by atoms with Gasteiger partial charge in [-0.2, -0.15) is 5.26 Å². The van der Waals surface area contributed by atoms with E-state index in [4.69, 9.17) is 10.00 Å². The van der Waals surface area contributed by atoms with Gasteiger partial charge in [-0.05, 0) is 37.6 Å². The zero-order chi connectivity index (χ0) is 21.1. The van der Waals surface area contributed by atoms with E-state index >= 15 is 0 Å². The van der Waals surface area contributed by atoms with Gasteiger partial charge >= 0.3 is 0 Å². The van der Waals surface area contributed by atoms with E-state index in [1.807, 2.05) is 6.92 Å². The van der Waals surface area contributed by atoms with E-state index in [0.29, 0.717) is 23.1 Å². The number of hydrogen-bond donors (Lipinski definition) is 1. The van der Waals surface area contributed by atoms with E-state index in [1.165, 1.54) is 23.1 Å². The molecule has 0 aliphatic rings. The average Bonchev–Trinajstić information content (AvgIpc) is 3.07. The van der Waals surface area contributed by atoms with Crippen LogP contribution in [-0.4, -0.2) is 29.0 Å². The van der Waals surface area contributed by atoms with E-state index in [0.717, 1.165) is 34.9 Å². The minimum atomic E-state index is -0.250. The van der Waals surface area contributed by atoms with Crippen molar-refractivity contribution in [3.63, 3.8) is 0 Å². The number of amides is 1. The highest BCUT2D eigenvalue weighted by atomic mass is 32.2. The van der Waals surface area contributed by atoms with E-state index in [-0.39, 0.29) is 24.5 Å². The van der Waals surface area contributed by atoms with Gasteiger partial charge in [-0.15, -0.1) is 0 Å². The van der Waals surface area contributed by atoms with Crippen LogP contribution in [0.2, 0.25) is 0 Å². The van der Waals surface area contributed by atoms with E-state index in [2.05, 4.69) is 23.3 Å². The number of rotatable bonds is 12. The number of anilines is 1. The Morgan fingerprint density at radius 3 is 2.69 bits per heavy atom. The summed E-state index contributed by atoms with van der Waals surface area (Å²) in [4.78, 5) is 28.7. The van der Waals surface area contributed by atoms with Crippen molar-refractivity contribution in [2.75, 3.05) is 17.7 Å². The van der Waals surface area contributed by atoms with Gasteiger partial charge in [0.1, 0.15) is 5.75 Å². The number of thioether (sulfide) groups is 1. The van der Waals surface area contributed by atoms with Crippen LogP contribution < -0.4 is 10.1 Å². The molecule has 1 heterocycles. The maximum atomic E-state index is 12.3. The van der Waals surface area contributed by atoms with E-state index in [1.54, 1.807) is 24.3 Å². The molecule has 1 aromatic heterocycles. The maximum absolute atomic E-state index is 12.3. The molecule has 0 radical (unpaired) electrons. The second-order valence-electron chi connectivity index (χ2n) is 6.39. The van der Waals surface area contributed by atoms with E-state index in [9.17, 15) is 9.59 Å². The number of nitriles is 1. The Labute approximate surface area is 179 Å². The van der Waals surface area contributed by atoms with Crippen LogP contribution in [0.1, 0.15) is 55.1 Å². The highest BCUT2D eigenvalue weighted by molar-refractivity contribution is 8.01. The molecular formula is C21H25N3O3S2. The monoisotopic (exact) mass is 431 g/mol. The van der Waals surface area contributed by atoms with Gasteiger partial charge in [-0.3, -0.25) is 9.59 Å². The highest BCUT2D eigenvalue weighted by Crippen LogP contribution is 2.31. The van der Waals surface area contributed by atoms with Gasteiger partial charge in [0, 0.05) is 18.4 Å². The number of benzene rings is 1. The average molecular weight is 432 g/mol. The van der Waals surface area contributed by atoms with Gasteiger partial charge in [0.2, 0.25) is 5.91 Å². The van der Waals surface area contributed by atoms with Crippen molar-refractivity contribution in [3.05, 3.63) is 35.5 Å². The van der Waals surface area contributed by atoms with Crippen molar-refractivity contribution in [3.8, 4) is 11.8 Å². The molecule has 1 N–H and O–H groups in total. The second kappa shape index (κ2) is 12.2. The Kier molecular flexibility index (Phi) is 9.68. The first-order chi connectivity index (χ1) is 14.0. The highest BCUT2D eigenvalue weighted by Gasteiger charge is 2.13. The van der Waals surface area contributed by atoms with Crippen LogP contribution in [0.15, 0.2) is 28.5 Å². The molecule has 6 nitrogen and oxygen atoms in total. The molecule has 154 valence electrons. The summed E-state index contributed by atoms with van der Waals surface area (Å²) >= 11 is 2.74. The van der Waals surface area contributed by atoms with Crippen LogP contribution in [0, 0.1) is 18.3 Å². The summed E-state index contributed by atoms with van der Waals surface area (Å²) in [7, 11) is 0. The molecule has 2 rings (SSSR count). The predicted molar refractivity (Wildman–Crippen MR) is 117 cm³/mol. The van der Waals surface area contributed by atoms with Gasteiger partial charge in [0.05, 0.1) is 28.3 Å². The lowest BCUT2D eigenvalue weighted by atomic mass is 10.1. The Hall–Kier alpha value is -2.37. The molecule has 1 amide bonds. The molecule has 2 aromatic rings. The van der Waals surface area contributed by atoms with Crippen LogP contribution in [0.5, 0.6) is 5.75 Å². The van der Waals surface area contributed by atoms with Gasteiger partial charge in [0.15, 0.2) is 10.9 Å². The predicted octanol–water partition coefficient (Wildman–Crippen LogP) is 5.24. The number of ether oxygens (including phenoxy) is 1. The number of nitrogens with zero attached hydrogens (tertiary/aromatic N) is 2. The standard InChI is InChI=1S/C21H25N3O3S2/c1-3-4-5-13-27-17-8-6-16(7-9-17)18(25)10-11-19(26)24-21-23-15(2)20(29-21)28-14-12-22/h6-9H,3-5,10-11,13-14H2,1-2H3,(H,23,24,26). The number of carbonyl (C=O) groups excluding carboxylic acids is 2. The summed E-state index contributed by atoms with van der Waals surface area (Å²) in [6.45, 7) is 4.66. The molecule has 29 heavy (non-hydrogen) atoms. The first-order valence-electron chi connectivity index (χ1n) is 9.56. The largest absolute Gasteiger partial charge is 0.494 e. The van der Waals surface area contributed by atoms with Crippen molar-refractivity contribution in [2.24, 2.45) is 0 Å². The smallest absolute Gasteiger partial charge is 0.226 e. The summed E-state index contributed by atoms with van der Waals surface area (Å²) < 4.78 is 6.55. The molecule has 0 spiro atoms. The summed E-state index contributed by atoms with van der Waals surface area (Å²) in [5.74, 6) is 0.755. The zero-order valence-electron chi connectivity index (χ0n) is 16.7. The van der Waals surface area contributed by atoms with Gasteiger partial charge in [-0.25, -0.2) is 4.98 Å². The number of unbranched alkanes of at least 4 members (excludes halogenated alkanes) is 2. The Morgan fingerprint density at radius 2 is 2.00 bits per heavy atom. The van der Waals surface area contributed by atoms with E-state index < -0.39 is 0 Å². The summed E-state index contributed by atoms with van der Waals surface area (Å²) in [6.07, 6.45) is 3.52. The Balaban J connectivity index is 1.78. The molecule has 0 saturated carbocycles. The molecule has 1 aromatic carbocycles. The number of Topliss-reactive ketones (excluding diaryl/α,β-unsaturated/α-hetero) is 1. The molecule has 0 aliphatic heterocycles. The van der Waals surface area contributed by atoms with Gasteiger partial charge in [0.25, 0.3) is 0 Å². The number of hydrogen-bond acceptors (Lipinski definition) is 7. The lowest BCUT2D eigenvalue weighted by Gasteiger charge is -2.07. The molecule has 0 saturated heterocycles. The van der Waals surface area contributed by atoms with Crippen molar-refractivity contribution >= 4 is 39.9 Å². The number of thiazole rings is 1. The SMILES string of the molecule is CCCCCOc1ccc(C(=O)CCC(=O)Nc2nc(C)c(SCC#N)s2)cc1. The minimum absolute atomic E-state index is 0.0849. The van der Waals surface area contributed by atoms with Crippen LogP contribution >= 0.6 is 23.1 Å².